The third-order valence-corrected chi connectivity index (χ3v) is 5.04. The summed E-state index contributed by atoms with van der Waals surface area (Å²) < 4.78 is 26.4. The molecule has 0 radical (unpaired) electrons. The molecule has 0 saturated heterocycles. The molecule has 0 atom stereocenters. The number of carboxylic acid groups (broad SMARTS) is 1. The normalized spacial score (nSPS) is 11.7. The lowest BCUT2D eigenvalue weighted by molar-refractivity contribution is 0.0686. The van der Waals surface area contributed by atoms with Crippen LogP contribution in [0.3, 0.4) is 0 Å². The Hall–Kier alpha value is -1.10. The molecule has 0 bridgehead atoms. The van der Waals surface area contributed by atoms with Gasteiger partial charge in [-0.1, -0.05) is 0 Å². The number of carbonyl (C=O) groups is 1. The van der Waals surface area contributed by atoms with Gasteiger partial charge in [0.05, 0.1) is 5.69 Å². The number of aliphatic hydroxyl groups excluding tert-OH is 1. The Morgan fingerprint density at radius 3 is 2.75 bits per heavy atom. The minimum Gasteiger partial charge on any atom is -0.476 e. The van der Waals surface area contributed by atoms with E-state index in [4.69, 9.17) is 10.2 Å². The highest BCUT2D eigenvalue weighted by molar-refractivity contribution is 7.99. The van der Waals surface area contributed by atoms with Gasteiger partial charge >= 0.3 is 5.97 Å². The lowest BCUT2D eigenvalue weighted by Crippen LogP contribution is -2.27. The van der Waals surface area contributed by atoms with Crippen LogP contribution in [0.2, 0.25) is 0 Å². The molecule has 114 valence electrons. The summed E-state index contributed by atoms with van der Waals surface area (Å²) in [5.74, 6) is -0.117. The molecule has 1 heterocycles. The largest absolute Gasteiger partial charge is 0.476 e. The third-order valence-electron chi connectivity index (χ3n) is 2.35. The Balaban J connectivity index is 2.65. The summed E-state index contributed by atoms with van der Waals surface area (Å²) >= 11 is 1.50. The maximum Gasteiger partial charge on any atom is 0.357 e. The molecule has 4 N–H and O–H groups in total. The zero-order chi connectivity index (χ0) is 15.2. The minimum atomic E-state index is -3.90. The standard InChI is InChI=1S/C10H17N3O5S2/c1-7-9(8(10(15)16)13-12-7)20(17,18)11-3-6-19-5-2-4-14/h11,14H,2-6H2,1H3,(H,12,13)(H,15,16). The Bertz CT molecular complexity index is 555. The van der Waals surface area contributed by atoms with E-state index < -0.39 is 21.7 Å². The van der Waals surface area contributed by atoms with Crippen molar-refractivity contribution in [3.05, 3.63) is 11.4 Å². The Morgan fingerprint density at radius 2 is 2.15 bits per heavy atom. The number of H-pyrrole nitrogens is 1. The molecule has 1 aromatic heterocycles. The molecule has 0 aliphatic rings. The number of hydrogen-bond donors (Lipinski definition) is 4. The highest BCUT2D eigenvalue weighted by Gasteiger charge is 2.27. The number of nitrogens with one attached hydrogen (secondary N) is 2. The highest BCUT2D eigenvalue weighted by Crippen LogP contribution is 2.17. The topological polar surface area (TPSA) is 132 Å². The average molecular weight is 323 g/mol. The van der Waals surface area contributed by atoms with E-state index in [2.05, 4.69) is 14.9 Å². The fourth-order valence-corrected chi connectivity index (χ4v) is 3.75. The first-order valence-corrected chi connectivity index (χ1v) is 8.50. The van der Waals surface area contributed by atoms with Gasteiger partial charge in [0.25, 0.3) is 0 Å². The number of sulfonamides is 1. The summed E-state index contributed by atoms with van der Waals surface area (Å²) in [6.07, 6.45) is 0.654. The van der Waals surface area contributed by atoms with Gasteiger partial charge in [0.15, 0.2) is 5.69 Å². The van der Waals surface area contributed by atoms with Gasteiger partial charge in [-0.3, -0.25) is 5.10 Å². The van der Waals surface area contributed by atoms with Gasteiger partial charge in [-0.2, -0.15) is 16.9 Å². The number of aromatic carboxylic acids is 1. The Kier molecular flexibility index (Phi) is 6.46. The third kappa shape index (κ3) is 4.47. The molecule has 0 amide bonds. The van der Waals surface area contributed by atoms with E-state index in [-0.39, 0.29) is 23.7 Å². The van der Waals surface area contributed by atoms with E-state index in [0.29, 0.717) is 12.2 Å². The van der Waals surface area contributed by atoms with Gasteiger partial charge in [-0.05, 0) is 19.1 Å². The predicted octanol–water partition coefficient (Wildman–Crippen LogP) is -0.190. The molecule has 0 aromatic carbocycles. The number of thioether (sulfide) groups is 1. The van der Waals surface area contributed by atoms with Crippen molar-refractivity contribution >= 4 is 27.8 Å². The van der Waals surface area contributed by atoms with Crippen LogP contribution in [0.4, 0.5) is 0 Å². The maximum absolute atomic E-state index is 12.0. The van der Waals surface area contributed by atoms with Crippen LogP contribution in [0, 0.1) is 6.92 Å². The molecule has 1 aromatic rings. The van der Waals surface area contributed by atoms with Crippen LogP contribution in [0.15, 0.2) is 4.90 Å². The molecular weight excluding hydrogens is 306 g/mol. The SMILES string of the molecule is Cc1[nH]nc(C(=O)O)c1S(=O)(=O)NCCSCCCO. The van der Waals surface area contributed by atoms with Gasteiger partial charge in [0, 0.05) is 18.9 Å². The summed E-state index contributed by atoms with van der Waals surface area (Å²) in [6.45, 7) is 1.74. The summed E-state index contributed by atoms with van der Waals surface area (Å²) in [4.78, 5) is 10.6. The number of aromatic amines is 1. The molecule has 20 heavy (non-hydrogen) atoms. The number of aryl methyl sites for hydroxylation is 1. The first-order chi connectivity index (χ1) is 9.40. The van der Waals surface area contributed by atoms with E-state index in [1.54, 1.807) is 0 Å². The second-order valence-electron chi connectivity index (χ2n) is 3.92. The van der Waals surface area contributed by atoms with Gasteiger partial charge in [0.1, 0.15) is 4.90 Å². The molecule has 0 saturated carbocycles. The number of carboxylic acids is 1. The van der Waals surface area contributed by atoms with Crippen molar-refractivity contribution in [3.8, 4) is 0 Å². The molecule has 0 unspecified atom stereocenters. The van der Waals surface area contributed by atoms with Crippen LogP contribution in [-0.2, 0) is 10.0 Å². The fourth-order valence-electron chi connectivity index (χ4n) is 1.48. The van der Waals surface area contributed by atoms with Crippen molar-refractivity contribution in [2.24, 2.45) is 0 Å². The number of nitrogens with zero attached hydrogens (tertiary/aromatic N) is 1. The van der Waals surface area contributed by atoms with Crippen molar-refractivity contribution in [2.75, 3.05) is 24.7 Å². The summed E-state index contributed by atoms with van der Waals surface area (Å²) in [5, 5.41) is 23.3. The Morgan fingerprint density at radius 1 is 1.45 bits per heavy atom. The van der Waals surface area contributed by atoms with Gasteiger partial charge in [-0.15, -0.1) is 0 Å². The van der Waals surface area contributed by atoms with Crippen LogP contribution in [0.25, 0.3) is 0 Å². The quantitative estimate of drug-likeness (QED) is 0.463. The van der Waals surface area contributed by atoms with Crippen molar-refractivity contribution < 1.29 is 23.4 Å². The van der Waals surface area contributed by atoms with Crippen molar-refractivity contribution in [3.63, 3.8) is 0 Å². The highest BCUT2D eigenvalue weighted by atomic mass is 32.2. The summed E-state index contributed by atoms with van der Waals surface area (Å²) in [5.41, 5.74) is -0.328. The smallest absolute Gasteiger partial charge is 0.357 e. The first-order valence-electron chi connectivity index (χ1n) is 5.86. The molecule has 0 spiro atoms. The molecule has 10 heteroatoms. The first kappa shape index (κ1) is 17.0. The lowest BCUT2D eigenvalue weighted by atomic mass is 10.4. The summed E-state index contributed by atoms with van der Waals surface area (Å²) in [6, 6.07) is 0. The van der Waals surface area contributed by atoms with Crippen LogP contribution < -0.4 is 4.72 Å². The number of rotatable bonds is 9. The second-order valence-corrected chi connectivity index (χ2v) is 6.85. The van der Waals surface area contributed by atoms with E-state index in [1.165, 1.54) is 18.7 Å². The lowest BCUT2D eigenvalue weighted by Gasteiger charge is -2.06. The van der Waals surface area contributed by atoms with Crippen LogP contribution in [-0.4, -0.2) is 59.5 Å². The monoisotopic (exact) mass is 323 g/mol. The molecule has 0 aliphatic heterocycles. The van der Waals surface area contributed by atoms with Crippen molar-refractivity contribution in [1.29, 1.82) is 0 Å². The number of hydrogen-bond acceptors (Lipinski definition) is 6. The van der Waals surface area contributed by atoms with Crippen LogP contribution >= 0.6 is 11.8 Å². The minimum absolute atomic E-state index is 0.106. The molecule has 8 nitrogen and oxygen atoms in total. The van der Waals surface area contributed by atoms with Gasteiger partial charge < -0.3 is 10.2 Å². The molecule has 1 rings (SSSR count). The molecule has 0 fully saturated rings. The molecule has 0 aliphatic carbocycles. The zero-order valence-electron chi connectivity index (χ0n) is 10.9. The zero-order valence-corrected chi connectivity index (χ0v) is 12.6. The van der Waals surface area contributed by atoms with E-state index in [0.717, 1.165) is 5.75 Å². The average Bonchev–Trinajstić information content (AvgIpc) is 2.76. The van der Waals surface area contributed by atoms with E-state index >= 15 is 0 Å². The fraction of sp³-hybridized carbons (Fsp3) is 0.600. The van der Waals surface area contributed by atoms with Crippen molar-refractivity contribution in [2.45, 2.75) is 18.2 Å². The van der Waals surface area contributed by atoms with Gasteiger partial charge in [-0.25, -0.2) is 17.9 Å². The predicted molar refractivity (Wildman–Crippen MR) is 74.5 cm³/mol. The van der Waals surface area contributed by atoms with Crippen molar-refractivity contribution in [1.82, 2.24) is 14.9 Å². The van der Waals surface area contributed by atoms with E-state index in [9.17, 15) is 13.2 Å². The Labute approximate surface area is 121 Å². The van der Waals surface area contributed by atoms with E-state index in [1.807, 2.05) is 0 Å². The number of aromatic nitrogens is 2. The van der Waals surface area contributed by atoms with Gasteiger partial charge in [0.2, 0.25) is 10.0 Å². The summed E-state index contributed by atoms with van der Waals surface area (Å²) in [7, 11) is -3.90. The second kappa shape index (κ2) is 7.62. The molecular formula is C10H17N3O5S2. The van der Waals surface area contributed by atoms with Crippen LogP contribution in [0.1, 0.15) is 22.6 Å². The maximum atomic E-state index is 12.0. The van der Waals surface area contributed by atoms with Crippen LogP contribution in [0.5, 0.6) is 0 Å². The number of aliphatic hydroxyl groups is 1.